The second kappa shape index (κ2) is 5.77. The van der Waals surface area contributed by atoms with Crippen molar-refractivity contribution in [1.29, 1.82) is 0 Å². The lowest BCUT2D eigenvalue weighted by Gasteiger charge is -2.28. The molecule has 1 aromatic rings. The molecule has 0 aromatic heterocycles. The van der Waals surface area contributed by atoms with Crippen molar-refractivity contribution < 1.29 is 20.4 Å². The molecule has 0 spiro atoms. The standard InChI is InChI=1S/C13H19NO4/c15-7-10-12(17)13(18)11(8-16)14(10)6-9-4-2-1-3-5-9/h1-5,10-13,15-18H,6-8H2. The van der Waals surface area contributed by atoms with Gasteiger partial charge in [-0.25, -0.2) is 0 Å². The quantitative estimate of drug-likeness (QED) is 0.550. The van der Waals surface area contributed by atoms with Crippen LogP contribution in [-0.2, 0) is 6.54 Å². The van der Waals surface area contributed by atoms with E-state index in [1.807, 2.05) is 30.3 Å². The second-order valence-corrected chi connectivity index (χ2v) is 4.64. The highest BCUT2D eigenvalue weighted by Crippen LogP contribution is 2.26. The van der Waals surface area contributed by atoms with Gasteiger partial charge >= 0.3 is 0 Å². The van der Waals surface area contributed by atoms with E-state index in [2.05, 4.69) is 0 Å². The Labute approximate surface area is 106 Å². The summed E-state index contributed by atoms with van der Waals surface area (Å²) in [7, 11) is 0. The molecule has 0 bridgehead atoms. The molecule has 0 radical (unpaired) electrons. The summed E-state index contributed by atoms with van der Waals surface area (Å²) in [6.45, 7) is -0.0193. The number of aliphatic hydroxyl groups is 4. The monoisotopic (exact) mass is 253 g/mol. The fourth-order valence-corrected chi connectivity index (χ4v) is 2.55. The Morgan fingerprint density at radius 2 is 1.39 bits per heavy atom. The van der Waals surface area contributed by atoms with Crippen molar-refractivity contribution in [3.63, 3.8) is 0 Å². The third-order valence-electron chi connectivity index (χ3n) is 3.57. The molecule has 5 heteroatoms. The summed E-state index contributed by atoms with van der Waals surface area (Å²) < 4.78 is 0. The SMILES string of the molecule is OCC1C(O)C(O)C(CO)N1Cc1ccccc1. The van der Waals surface area contributed by atoms with Crippen molar-refractivity contribution in [3.05, 3.63) is 35.9 Å². The molecular formula is C13H19NO4. The lowest BCUT2D eigenvalue weighted by atomic mass is 10.1. The third-order valence-corrected chi connectivity index (χ3v) is 3.57. The van der Waals surface area contributed by atoms with Gasteiger partial charge in [0, 0.05) is 6.54 Å². The van der Waals surface area contributed by atoms with Crippen LogP contribution < -0.4 is 0 Å². The Balaban J connectivity index is 2.18. The smallest absolute Gasteiger partial charge is 0.0992 e. The fourth-order valence-electron chi connectivity index (χ4n) is 2.55. The first-order chi connectivity index (χ1) is 8.69. The maximum atomic E-state index is 9.84. The summed E-state index contributed by atoms with van der Waals surface area (Å²) in [4.78, 5) is 1.75. The zero-order valence-corrected chi connectivity index (χ0v) is 10.1. The number of likely N-dealkylation sites (tertiary alicyclic amines) is 1. The molecule has 1 aliphatic heterocycles. The minimum Gasteiger partial charge on any atom is -0.395 e. The van der Waals surface area contributed by atoms with Crippen LogP contribution in [0.4, 0.5) is 0 Å². The summed E-state index contributed by atoms with van der Waals surface area (Å²) in [5.41, 5.74) is 1.01. The van der Waals surface area contributed by atoms with Crippen LogP contribution in [0.5, 0.6) is 0 Å². The molecule has 1 aromatic carbocycles. The van der Waals surface area contributed by atoms with Gasteiger partial charge in [0.2, 0.25) is 0 Å². The fraction of sp³-hybridized carbons (Fsp3) is 0.538. The second-order valence-electron chi connectivity index (χ2n) is 4.64. The van der Waals surface area contributed by atoms with Gasteiger partial charge in [-0.2, -0.15) is 0 Å². The van der Waals surface area contributed by atoms with Gasteiger partial charge in [0.15, 0.2) is 0 Å². The molecule has 1 aliphatic rings. The Hall–Kier alpha value is -0.980. The molecule has 18 heavy (non-hydrogen) atoms. The molecular weight excluding hydrogens is 234 g/mol. The van der Waals surface area contributed by atoms with E-state index in [9.17, 15) is 20.4 Å². The Kier molecular flexibility index (Phi) is 4.31. The average molecular weight is 253 g/mol. The van der Waals surface area contributed by atoms with Gasteiger partial charge in [-0.15, -0.1) is 0 Å². The van der Waals surface area contributed by atoms with E-state index in [0.717, 1.165) is 5.56 Å². The van der Waals surface area contributed by atoms with Crippen LogP contribution in [0.1, 0.15) is 5.56 Å². The van der Waals surface area contributed by atoms with E-state index in [4.69, 9.17) is 0 Å². The molecule has 1 heterocycles. The van der Waals surface area contributed by atoms with Gasteiger partial charge in [0.1, 0.15) is 0 Å². The molecule has 5 nitrogen and oxygen atoms in total. The molecule has 0 saturated carbocycles. The largest absolute Gasteiger partial charge is 0.395 e. The average Bonchev–Trinajstić information content (AvgIpc) is 2.62. The van der Waals surface area contributed by atoms with E-state index in [0.29, 0.717) is 6.54 Å². The molecule has 0 amide bonds. The van der Waals surface area contributed by atoms with Crippen molar-refractivity contribution >= 4 is 0 Å². The van der Waals surface area contributed by atoms with Gasteiger partial charge in [-0.1, -0.05) is 30.3 Å². The number of benzene rings is 1. The van der Waals surface area contributed by atoms with E-state index in [1.165, 1.54) is 0 Å². The van der Waals surface area contributed by atoms with Crippen LogP contribution in [0, 0.1) is 0 Å². The maximum Gasteiger partial charge on any atom is 0.0992 e. The Morgan fingerprint density at radius 3 is 1.83 bits per heavy atom. The normalized spacial score (nSPS) is 32.9. The number of hydrogen-bond donors (Lipinski definition) is 4. The first kappa shape index (κ1) is 13.5. The number of nitrogens with zero attached hydrogens (tertiary/aromatic N) is 1. The zero-order valence-electron chi connectivity index (χ0n) is 10.1. The van der Waals surface area contributed by atoms with E-state index in [1.54, 1.807) is 4.90 Å². The lowest BCUT2D eigenvalue weighted by molar-refractivity contribution is 0.0130. The molecule has 0 aliphatic carbocycles. The first-order valence-electron chi connectivity index (χ1n) is 6.06. The van der Waals surface area contributed by atoms with Gasteiger partial charge in [0.05, 0.1) is 37.5 Å². The predicted octanol–water partition coefficient (Wildman–Crippen LogP) is -1.05. The van der Waals surface area contributed by atoms with Crippen LogP contribution in [0.15, 0.2) is 30.3 Å². The lowest BCUT2D eigenvalue weighted by Crippen LogP contribution is -2.42. The summed E-state index contributed by atoms with van der Waals surface area (Å²) in [5.74, 6) is 0. The third kappa shape index (κ3) is 2.41. The van der Waals surface area contributed by atoms with Gasteiger partial charge in [-0.3, -0.25) is 4.90 Å². The number of rotatable bonds is 4. The predicted molar refractivity (Wildman–Crippen MR) is 65.7 cm³/mol. The van der Waals surface area contributed by atoms with Crippen LogP contribution >= 0.6 is 0 Å². The molecule has 4 atom stereocenters. The Morgan fingerprint density at radius 1 is 0.889 bits per heavy atom. The van der Waals surface area contributed by atoms with Gasteiger partial charge in [-0.05, 0) is 5.56 Å². The van der Waals surface area contributed by atoms with E-state index in [-0.39, 0.29) is 13.2 Å². The molecule has 100 valence electrons. The summed E-state index contributed by atoms with van der Waals surface area (Å²) in [5, 5.41) is 38.3. The molecule has 2 rings (SSSR count). The molecule has 1 saturated heterocycles. The minimum absolute atomic E-state index is 0.248. The summed E-state index contributed by atoms with van der Waals surface area (Å²) in [6.07, 6.45) is -2.06. The van der Waals surface area contributed by atoms with Crippen molar-refractivity contribution in [2.45, 2.75) is 30.8 Å². The van der Waals surface area contributed by atoms with Gasteiger partial charge < -0.3 is 20.4 Å². The first-order valence-corrected chi connectivity index (χ1v) is 6.06. The Bertz CT molecular complexity index is 357. The maximum absolute atomic E-state index is 9.84. The van der Waals surface area contributed by atoms with E-state index >= 15 is 0 Å². The number of hydrogen-bond acceptors (Lipinski definition) is 5. The minimum atomic E-state index is -1.03. The van der Waals surface area contributed by atoms with Crippen molar-refractivity contribution in [2.24, 2.45) is 0 Å². The highest BCUT2D eigenvalue weighted by atomic mass is 16.3. The zero-order chi connectivity index (χ0) is 13.1. The van der Waals surface area contributed by atoms with Crippen molar-refractivity contribution in [3.8, 4) is 0 Å². The topological polar surface area (TPSA) is 84.2 Å². The summed E-state index contributed by atoms with van der Waals surface area (Å²) >= 11 is 0. The van der Waals surface area contributed by atoms with Crippen molar-refractivity contribution in [2.75, 3.05) is 13.2 Å². The molecule has 1 fully saturated rings. The molecule has 4 N–H and O–H groups in total. The van der Waals surface area contributed by atoms with Crippen LogP contribution in [-0.4, -0.2) is 62.8 Å². The summed E-state index contributed by atoms with van der Waals surface area (Å²) in [6, 6.07) is 8.49. The van der Waals surface area contributed by atoms with Crippen LogP contribution in [0.25, 0.3) is 0 Å². The van der Waals surface area contributed by atoms with E-state index < -0.39 is 24.3 Å². The highest BCUT2D eigenvalue weighted by Gasteiger charge is 2.46. The number of aliphatic hydroxyl groups excluding tert-OH is 4. The highest BCUT2D eigenvalue weighted by molar-refractivity contribution is 5.16. The van der Waals surface area contributed by atoms with Crippen LogP contribution in [0.2, 0.25) is 0 Å². The van der Waals surface area contributed by atoms with Gasteiger partial charge in [0.25, 0.3) is 0 Å². The molecule has 4 unspecified atom stereocenters. The van der Waals surface area contributed by atoms with Crippen molar-refractivity contribution in [1.82, 2.24) is 4.90 Å². The van der Waals surface area contributed by atoms with Crippen LogP contribution in [0.3, 0.4) is 0 Å².